The molecule has 108 valence electrons. The van der Waals surface area contributed by atoms with E-state index < -0.39 is 10.0 Å². The fraction of sp³-hybridized carbons (Fsp3) is 0.286. The first kappa shape index (κ1) is 15.0. The van der Waals surface area contributed by atoms with E-state index in [-0.39, 0.29) is 10.6 Å². The number of benzene rings is 1. The maximum Gasteiger partial charge on any atom is 0.243 e. The van der Waals surface area contributed by atoms with Crippen LogP contribution < -0.4 is 10.5 Å². The van der Waals surface area contributed by atoms with Gasteiger partial charge < -0.3 is 5.73 Å². The van der Waals surface area contributed by atoms with Gasteiger partial charge in [-0.05, 0) is 42.0 Å². The number of thiophene rings is 1. The van der Waals surface area contributed by atoms with Crippen molar-refractivity contribution in [2.24, 2.45) is 0 Å². The van der Waals surface area contributed by atoms with E-state index in [1.807, 2.05) is 11.4 Å². The maximum atomic E-state index is 12.4. The minimum atomic E-state index is -3.59. The molecule has 3 N–H and O–H groups in total. The summed E-state index contributed by atoms with van der Waals surface area (Å²) >= 11 is 1.56. The van der Waals surface area contributed by atoms with Crippen LogP contribution in [0.25, 0.3) is 0 Å². The minimum absolute atomic E-state index is 0.176. The van der Waals surface area contributed by atoms with Gasteiger partial charge in [-0.2, -0.15) is 0 Å². The molecule has 2 aromatic rings. The molecule has 1 aromatic heterocycles. The third-order valence-electron chi connectivity index (χ3n) is 3.15. The van der Waals surface area contributed by atoms with Gasteiger partial charge in [0.2, 0.25) is 10.0 Å². The van der Waals surface area contributed by atoms with Crippen molar-refractivity contribution in [2.75, 3.05) is 5.73 Å². The van der Waals surface area contributed by atoms with Gasteiger partial charge >= 0.3 is 0 Å². The Bertz CT molecular complexity index is 685. The Labute approximate surface area is 123 Å². The van der Waals surface area contributed by atoms with E-state index in [0.717, 1.165) is 11.3 Å². The largest absolute Gasteiger partial charge is 0.398 e. The van der Waals surface area contributed by atoms with Crippen molar-refractivity contribution in [2.45, 2.75) is 31.7 Å². The normalized spacial score (nSPS) is 11.7. The summed E-state index contributed by atoms with van der Waals surface area (Å²) in [7, 11) is -3.59. The van der Waals surface area contributed by atoms with Crippen LogP contribution in [0.1, 0.15) is 22.9 Å². The Balaban J connectivity index is 2.24. The van der Waals surface area contributed by atoms with Gasteiger partial charge in [-0.3, -0.25) is 0 Å². The van der Waals surface area contributed by atoms with Crippen LogP contribution >= 0.6 is 11.3 Å². The van der Waals surface area contributed by atoms with E-state index in [1.54, 1.807) is 36.5 Å². The Morgan fingerprint density at radius 3 is 2.70 bits per heavy atom. The maximum absolute atomic E-state index is 12.4. The molecule has 0 saturated carbocycles. The van der Waals surface area contributed by atoms with E-state index in [1.165, 1.54) is 5.56 Å². The molecule has 0 spiro atoms. The molecular weight excluding hydrogens is 292 g/mol. The average Bonchev–Trinajstić information content (AvgIpc) is 2.83. The van der Waals surface area contributed by atoms with E-state index in [2.05, 4.69) is 11.6 Å². The summed E-state index contributed by atoms with van der Waals surface area (Å²) in [5, 5.41) is 1.98. The molecule has 0 unspecified atom stereocenters. The minimum Gasteiger partial charge on any atom is -0.398 e. The molecule has 4 nitrogen and oxygen atoms in total. The first-order valence-electron chi connectivity index (χ1n) is 6.35. The Kier molecular flexibility index (Phi) is 4.47. The van der Waals surface area contributed by atoms with Gasteiger partial charge in [0, 0.05) is 11.4 Å². The summed E-state index contributed by atoms with van der Waals surface area (Å²) in [5.74, 6) is 0. The lowest BCUT2D eigenvalue weighted by molar-refractivity contribution is 0.581. The highest BCUT2D eigenvalue weighted by molar-refractivity contribution is 7.89. The lowest BCUT2D eigenvalue weighted by Gasteiger charge is -2.11. The highest BCUT2D eigenvalue weighted by Gasteiger charge is 2.20. The smallest absolute Gasteiger partial charge is 0.243 e. The molecule has 0 radical (unpaired) electrons. The molecule has 0 atom stereocenters. The molecule has 1 aromatic carbocycles. The molecule has 2 rings (SSSR count). The molecule has 20 heavy (non-hydrogen) atoms. The number of rotatable bonds is 5. The van der Waals surface area contributed by atoms with Crippen molar-refractivity contribution in [1.29, 1.82) is 0 Å². The molecule has 0 aliphatic carbocycles. The van der Waals surface area contributed by atoms with Crippen LogP contribution in [-0.4, -0.2) is 8.42 Å². The van der Waals surface area contributed by atoms with Gasteiger partial charge in [0.1, 0.15) is 4.90 Å². The second kappa shape index (κ2) is 5.95. The molecular formula is C14H18N2O2S2. The summed E-state index contributed by atoms with van der Waals surface area (Å²) in [6.07, 6.45) is 0.896. The number of anilines is 1. The zero-order chi connectivity index (χ0) is 14.8. The van der Waals surface area contributed by atoms with Crippen LogP contribution in [0.2, 0.25) is 0 Å². The number of nitrogens with one attached hydrogen (secondary N) is 1. The second-order valence-corrected chi connectivity index (χ2v) is 7.24. The number of aryl methyl sites for hydroxylation is 2. The highest BCUT2D eigenvalue weighted by atomic mass is 32.2. The topological polar surface area (TPSA) is 72.2 Å². The second-order valence-electron chi connectivity index (χ2n) is 4.54. The number of hydrogen-bond donors (Lipinski definition) is 2. The van der Waals surface area contributed by atoms with Crippen LogP contribution in [0.3, 0.4) is 0 Å². The third kappa shape index (κ3) is 3.03. The van der Waals surface area contributed by atoms with E-state index in [9.17, 15) is 8.42 Å². The van der Waals surface area contributed by atoms with Crippen molar-refractivity contribution >= 4 is 27.0 Å². The zero-order valence-electron chi connectivity index (χ0n) is 11.5. The molecule has 6 heteroatoms. The SMILES string of the molecule is CCc1ccsc1CNS(=O)(=O)c1c(C)cccc1N. The van der Waals surface area contributed by atoms with Crippen LogP contribution in [-0.2, 0) is 23.0 Å². The summed E-state index contributed by atoms with van der Waals surface area (Å²) in [6.45, 7) is 4.10. The van der Waals surface area contributed by atoms with E-state index in [0.29, 0.717) is 12.1 Å². The fourth-order valence-corrected chi connectivity index (χ4v) is 4.47. The average molecular weight is 310 g/mol. The summed E-state index contributed by atoms with van der Waals surface area (Å²) < 4.78 is 27.4. The van der Waals surface area contributed by atoms with Crippen LogP contribution in [0.15, 0.2) is 34.5 Å². The molecule has 0 fully saturated rings. The van der Waals surface area contributed by atoms with Crippen molar-refractivity contribution in [3.63, 3.8) is 0 Å². The molecule has 0 bridgehead atoms. The lowest BCUT2D eigenvalue weighted by Crippen LogP contribution is -2.25. The summed E-state index contributed by atoms with van der Waals surface area (Å²) in [5.41, 5.74) is 7.90. The Hall–Kier alpha value is -1.37. The standard InChI is InChI=1S/C14H18N2O2S2/c1-3-11-7-8-19-13(11)9-16-20(17,18)14-10(2)5-4-6-12(14)15/h4-8,16H,3,9,15H2,1-2H3. The lowest BCUT2D eigenvalue weighted by atomic mass is 10.2. The Morgan fingerprint density at radius 2 is 2.05 bits per heavy atom. The van der Waals surface area contributed by atoms with Crippen LogP contribution in [0, 0.1) is 6.92 Å². The van der Waals surface area contributed by atoms with Gasteiger partial charge in [-0.15, -0.1) is 11.3 Å². The van der Waals surface area contributed by atoms with Crippen molar-refractivity contribution in [1.82, 2.24) is 4.72 Å². The predicted molar refractivity (Wildman–Crippen MR) is 83.3 cm³/mol. The highest BCUT2D eigenvalue weighted by Crippen LogP contribution is 2.23. The predicted octanol–water partition coefficient (Wildman–Crippen LogP) is 2.68. The van der Waals surface area contributed by atoms with Crippen LogP contribution in [0.4, 0.5) is 5.69 Å². The third-order valence-corrected chi connectivity index (χ3v) is 5.74. The Morgan fingerprint density at radius 1 is 1.30 bits per heavy atom. The number of nitrogen functional groups attached to an aromatic ring is 1. The summed E-state index contributed by atoms with van der Waals surface area (Å²) in [6, 6.07) is 7.12. The molecule has 0 saturated heterocycles. The van der Waals surface area contributed by atoms with E-state index >= 15 is 0 Å². The zero-order valence-corrected chi connectivity index (χ0v) is 13.1. The number of nitrogens with two attached hydrogens (primary N) is 1. The fourth-order valence-electron chi connectivity index (χ4n) is 2.11. The number of sulfonamides is 1. The van der Waals surface area contributed by atoms with Gasteiger partial charge in [0.15, 0.2) is 0 Å². The van der Waals surface area contributed by atoms with Crippen LogP contribution in [0.5, 0.6) is 0 Å². The van der Waals surface area contributed by atoms with Crippen molar-refractivity contribution in [3.05, 3.63) is 45.6 Å². The molecule has 0 aliphatic rings. The van der Waals surface area contributed by atoms with Gasteiger partial charge in [-0.1, -0.05) is 19.1 Å². The number of hydrogen-bond acceptors (Lipinski definition) is 4. The quantitative estimate of drug-likeness (QED) is 0.834. The van der Waals surface area contributed by atoms with Gasteiger partial charge in [0.25, 0.3) is 0 Å². The first-order valence-corrected chi connectivity index (χ1v) is 8.72. The molecule has 0 amide bonds. The van der Waals surface area contributed by atoms with E-state index in [4.69, 9.17) is 5.73 Å². The van der Waals surface area contributed by atoms with Gasteiger partial charge in [-0.25, -0.2) is 13.1 Å². The monoisotopic (exact) mass is 310 g/mol. The molecule has 1 heterocycles. The summed E-state index contributed by atoms with van der Waals surface area (Å²) in [4.78, 5) is 1.22. The molecule has 0 aliphatic heterocycles. The first-order chi connectivity index (χ1) is 9.45. The van der Waals surface area contributed by atoms with Crippen molar-refractivity contribution < 1.29 is 8.42 Å². The van der Waals surface area contributed by atoms with Gasteiger partial charge in [0.05, 0.1) is 5.69 Å². The van der Waals surface area contributed by atoms with Crippen molar-refractivity contribution in [3.8, 4) is 0 Å².